The molecule has 0 aliphatic carbocycles. The zero-order valence-electron chi connectivity index (χ0n) is 13.1. The van der Waals surface area contributed by atoms with E-state index in [9.17, 15) is 14.9 Å². The summed E-state index contributed by atoms with van der Waals surface area (Å²) in [6.07, 6.45) is 1.93. The molecule has 0 radical (unpaired) electrons. The van der Waals surface area contributed by atoms with Gasteiger partial charge >= 0.3 is 0 Å². The Morgan fingerprint density at radius 3 is 2.78 bits per heavy atom. The minimum absolute atomic E-state index is 0.0633. The van der Waals surface area contributed by atoms with Crippen LogP contribution in [0, 0.1) is 21.4 Å². The van der Waals surface area contributed by atoms with E-state index in [-0.39, 0.29) is 23.0 Å². The summed E-state index contributed by atoms with van der Waals surface area (Å²) in [6, 6.07) is 5.72. The maximum Gasteiger partial charge on any atom is 0.271 e. The Bertz CT molecular complexity index is 664. The molecule has 1 atom stereocenters. The van der Waals surface area contributed by atoms with Crippen LogP contribution in [-0.2, 0) is 4.79 Å². The monoisotopic (exact) mass is 318 g/mol. The minimum Gasteiger partial charge on any atom is -0.495 e. The number of nitrogens with one attached hydrogen (secondary N) is 2. The Kier molecular flexibility index (Phi) is 6.55. The molecule has 1 rings (SSSR count). The van der Waals surface area contributed by atoms with E-state index >= 15 is 0 Å². The van der Waals surface area contributed by atoms with Crippen LogP contribution in [0.25, 0.3) is 0 Å². The molecule has 8 nitrogen and oxygen atoms in total. The molecule has 1 aromatic rings. The van der Waals surface area contributed by atoms with E-state index in [2.05, 4.69) is 10.6 Å². The molecular formula is C15H18N4O4. The summed E-state index contributed by atoms with van der Waals surface area (Å²) in [5, 5.41) is 25.3. The van der Waals surface area contributed by atoms with Crippen molar-refractivity contribution in [2.45, 2.75) is 26.3 Å². The first kappa shape index (κ1) is 18.0. The van der Waals surface area contributed by atoms with Crippen molar-refractivity contribution in [2.75, 3.05) is 12.4 Å². The molecule has 1 unspecified atom stereocenters. The average Bonchev–Trinajstić information content (AvgIpc) is 2.54. The van der Waals surface area contributed by atoms with Crippen molar-refractivity contribution >= 4 is 17.3 Å². The van der Waals surface area contributed by atoms with Crippen molar-refractivity contribution in [3.05, 3.63) is 40.1 Å². The maximum atomic E-state index is 11.9. The first-order chi connectivity index (χ1) is 10.9. The van der Waals surface area contributed by atoms with Gasteiger partial charge in [-0.25, -0.2) is 0 Å². The largest absolute Gasteiger partial charge is 0.495 e. The second-order valence-corrected chi connectivity index (χ2v) is 4.74. The molecular weight excluding hydrogens is 300 g/mol. The molecule has 2 N–H and O–H groups in total. The number of hydrogen-bond acceptors (Lipinski definition) is 6. The van der Waals surface area contributed by atoms with Gasteiger partial charge in [-0.1, -0.05) is 6.92 Å². The second-order valence-electron chi connectivity index (χ2n) is 4.74. The van der Waals surface area contributed by atoms with Gasteiger partial charge in [0.15, 0.2) is 0 Å². The van der Waals surface area contributed by atoms with Gasteiger partial charge in [0.05, 0.1) is 17.7 Å². The van der Waals surface area contributed by atoms with Crippen LogP contribution in [-0.4, -0.2) is 24.0 Å². The standard InChI is InChI=1S/C15H18N4O4/c1-4-10(2)18-15(20)11(8-16)9-17-13-7-12(19(21)22)5-6-14(13)23-3/h5-7,9-10,17H,4H2,1-3H3,(H,18,20)/b11-9-. The number of nitro benzene ring substituents is 1. The fourth-order valence-electron chi connectivity index (χ4n) is 1.62. The number of ether oxygens (including phenoxy) is 1. The zero-order valence-corrected chi connectivity index (χ0v) is 13.1. The van der Waals surface area contributed by atoms with Crippen LogP contribution in [0.3, 0.4) is 0 Å². The molecule has 0 aromatic heterocycles. The predicted molar refractivity (Wildman–Crippen MR) is 84.9 cm³/mol. The molecule has 0 spiro atoms. The molecule has 1 amide bonds. The topological polar surface area (TPSA) is 117 Å². The number of hydrogen-bond donors (Lipinski definition) is 2. The number of nitrogens with zero attached hydrogens (tertiary/aromatic N) is 2. The maximum absolute atomic E-state index is 11.9. The molecule has 0 fully saturated rings. The quantitative estimate of drug-likeness (QED) is 0.345. The number of carbonyl (C=O) groups excluding carboxylic acids is 1. The zero-order chi connectivity index (χ0) is 17.4. The Balaban J connectivity index is 3.01. The number of nitriles is 1. The summed E-state index contributed by atoms with van der Waals surface area (Å²) >= 11 is 0. The SMILES string of the molecule is CCC(C)NC(=O)/C(C#N)=C\Nc1cc([N+](=O)[O-])ccc1OC. The molecule has 23 heavy (non-hydrogen) atoms. The summed E-state index contributed by atoms with van der Waals surface area (Å²) in [5.74, 6) is -0.162. The van der Waals surface area contributed by atoms with Crippen molar-refractivity contribution in [1.82, 2.24) is 5.32 Å². The van der Waals surface area contributed by atoms with Crippen molar-refractivity contribution in [3.63, 3.8) is 0 Å². The lowest BCUT2D eigenvalue weighted by Gasteiger charge is -2.11. The number of anilines is 1. The summed E-state index contributed by atoms with van der Waals surface area (Å²) in [6.45, 7) is 3.73. The third-order valence-electron chi connectivity index (χ3n) is 3.12. The van der Waals surface area contributed by atoms with E-state index in [4.69, 9.17) is 10.00 Å². The molecule has 0 bridgehead atoms. The lowest BCUT2D eigenvalue weighted by Crippen LogP contribution is -2.33. The summed E-state index contributed by atoms with van der Waals surface area (Å²) in [4.78, 5) is 22.2. The van der Waals surface area contributed by atoms with Crippen LogP contribution in [0.15, 0.2) is 30.0 Å². The number of carbonyl (C=O) groups is 1. The molecule has 1 aromatic carbocycles. The van der Waals surface area contributed by atoms with Gasteiger partial charge in [0, 0.05) is 24.4 Å². The van der Waals surface area contributed by atoms with Gasteiger partial charge in [0.2, 0.25) is 0 Å². The number of non-ortho nitro benzene ring substituents is 1. The Morgan fingerprint density at radius 1 is 1.57 bits per heavy atom. The summed E-state index contributed by atoms with van der Waals surface area (Å²) in [7, 11) is 1.41. The molecule has 122 valence electrons. The molecule has 8 heteroatoms. The van der Waals surface area contributed by atoms with Crippen LogP contribution in [0.4, 0.5) is 11.4 Å². The van der Waals surface area contributed by atoms with Crippen molar-refractivity contribution < 1.29 is 14.5 Å². The third-order valence-corrected chi connectivity index (χ3v) is 3.12. The van der Waals surface area contributed by atoms with Crippen molar-refractivity contribution in [1.29, 1.82) is 5.26 Å². The predicted octanol–water partition coefficient (Wildman–Crippen LogP) is 2.34. The van der Waals surface area contributed by atoms with Gasteiger partial charge in [-0.15, -0.1) is 0 Å². The fourth-order valence-corrected chi connectivity index (χ4v) is 1.62. The first-order valence-corrected chi connectivity index (χ1v) is 6.93. The third kappa shape index (κ3) is 5.00. The highest BCUT2D eigenvalue weighted by Gasteiger charge is 2.13. The van der Waals surface area contributed by atoms with Crippen molar-refractivity contribution in [2.24, 2.45) is 0 Å². The smallest absolute Gasteiger partial charge is 0.271 e. The summed E-state index contributed by atoms with van der Waals surface area (Å²) in [5.41, 5.74) is 0.00825. The Labute approximate surface area is 133 Å². The lowest BCUT2D eigenvalue weighted by molar-refractivity contribution is -0.384. The minimum atomic E-state index is -0.546. The Hall–Kier alpha value is -3.08. The van der Waals surface area contributed by atoms with E-state index < -0.39 is 10.8 Å². The number of methoxy groups -OCH3 is 1. The fraction of sp³-hybridized carbons (Fsp3) is 0.333. The molecule has 0 saturated heterocycles. The van der Waals surface area contributed by atoms with Crippen LogP contribution >= 0.6 is 0 Å². The second kappa shape index (κ2) is 8.38. The van der Waals surface area contributed by atoms with Gasteiger partial charge in [-0.2, -0.15) is 5.26 Å². The average molecular weight is 318 g/mol. The van der Waals surface area contributed by atoms with Gasteiger partial charge in [-0.05, 0) is 19.4 Å². The first-order valence-electron chi connectivity index (χ1n) is 6.93. The van der Waals surface area contributed by atoms with Gasteiger partial charge < -0.3 is 15.4 Å². The highest BCUT2D eigenvalue weighted by atomic mass is 16.6. The number of nitro groups is 1. The highest BCUT2D eigenvalue weighted by Crippen LogP contribution is 2.28. The van der Waals surface area contributed by atoms with Crippen LogP contribution in [0.5, 0.6) is 5.75 Å². The van der Waals surface area contributed by atoms with Crippen LogP contribution in [0.2, 0.25) is 0 Å². The van der Waals surface area contributed by atoms with E-state index in [0.717, 1.165) is 6.42 Å². The van der Waals surface area contributed by atoms with Crippen LogP contribution in [0.1, 0.15) is 20.3 Å². The van der Waals surface area contributed by atoms with Gasteiger partial charge in [-0.3, -0.25) is 14.9 Å². The molecule has 0 aliphatic rings. The van der Waals surface area contributed by atoms with Crippen LogP contribution < -0.4 is 15.4 Å². The molecule has 0 heterocycles. The molecule has 0 saturated carbocycles. The number of benzene rings is 1. The number of amides is 1. The summed E-state index contributed by atoms with van der Waals surface area (Å²) < 4.78 is 5.09. The van der Waals surface area contributed by atoms with E-state index in [1.807, 2.05) is 13.8 Å². The van der Waals surface area contributed by atoms with E-state index in [0.29, 0.717) is 5.75 Å². The number of rotatable bonds is 7. The van der Waals surface area contributed by atoms with Gasteiger partial charge in [0.25, 0.3) is 11.6 Å². The Morgan fingerprint density at radius 2 is 2.26 bits per heavy atom. The van der Waals surface area contributed by atoms with E-state index in [1.54, 1.807) is 6.07 Å². The highest BCUT2D eigenvalue weighted by molar-refractivity contribution is 5.97. The van der Waals surface area contributed by atoms with E-state index in [1.165, 1.54) is 31.5 Å². The normalized spacial score (nSPS) is 12.0. The molecule has 0 aliphatic heterocycles. The van der Waals surface area contributed by atoms with Gasteiger partial charge in [0.1, 0.15) is 17.4 Å². The lowest BCUT2D eigenvalue weighted by atomic mass is 10.2. The van der Waals surface area contributed by atoms with Crippen molar-refractivity contribution in [3.8, 4) is 11.8 Å².